The molecule has 0 aliphatic carbocycles. The van der Waals surface area contributed by atoms with Crippen LogP contribution >= 0.6 is 11.6 Å². The van der Waals surface area contributed by atoms with Crippen molar-refractivity contribution in [2.45, 2.75) is 13.0 Å². The van der Waals surface area contributed by atoms with Gasteiger partial charge in [-0.25, -0.2) is 4.79 Å². The quantitative estimate of drug-likeness (QED) is 0.867. The van der Waals surface area contributed by atoms with Crippen molar-refractivity contribution in [3.8, 4) is 0 Å². The molecular formula is C15H16ClNO4. The van der Waals surface area contributed by atoms with Crippen molar-refractivity contribution < 1.29 is 19.4 Å². The second-order valence-corrected chi connectivity index (χ2v) is 5.23. The lowest BCUT2D eigenvalue weighted by Gasteiger charge is -2.30. The number of ether oxygens (including phenoxy) is 1. The number of halogens is 1. The number of carboxylic acid groups (broad SMARTS) is 1. The van der Waals surface area contributed by atoms with Crippen LogP contribution in [0.1, 0.15) is 11.1 Å². The average molecular weight is 310 g/mol. The summed E-state index contributed by atoms with van der Waals surface area (Å²) in [6.45, 7) is 2.59. The first-order chi connectivity index (χ1) is 9.97. The minimum atomic E-state index is -1.05. The third kappa shape index (κ3) is 4.06. The molecule has 1 aromatic rings. The molecular weight excluding hydrogens is 294 g/mol. The maximum atomic E-state index is 12.0. The lowest BCUT2D eigenvalue weighted by Crippen LogP contribution is -2.48. The van der Waals surface area contributed by atoms with E-state index in [-0.39, 0.29) is 19.1 Å². The van der Waals surface area contributed by atoms with E-state index in [9.17, 15) is 9.59 Å². The Morgan fingerprint density at radius 2 is 2.24 bits per heavy atom. The Balaban J connectivity index is 2.01. The maximum Gasteiger partial charge on any atom is 0.334 e. The summed E-state index contributed by atoms with van der Waals surface area (Å²) in [7, 11) is 0. The van der Waals surface area contributed by atoms with Crippen LogP contribution in [0.15, 0.2) is 24.3 Å². The summed E-state index contributed by atoms with van der Waals surface area (Å²) in [4.78, 5) is 24.4. The monoisotopic (exact) mass is 309 g/mol. The van der Waals surface area contributed by atoms with Gasteiger partial charge >= 0.3 is 5.97 Å². The number of aryl methyl sites for hydroxylation is 1. The number of hydrogen-bond acceptors (Lipinski definition) is 3. The van der Waals surface area contributed by atoms with Crippen molar-refractivity contribution in [3.63, 3.8) is 0 Å². The topological polar surface area (TPSA) is 66.8 Å². The lowest BCUT2D eigenvalue weighted by atomic mass is 10.1. The van der Waals surface area contributed by atoms with Crippen LogP contribution in [0, 0.1) is 6.92 Å². The van der Waals surface area contributed by atoms with Gasteiger partial charge in [0.1, 0.15) is 0 Å². The summed E-state index contributed by atoms with van der Waals surface area (Å²) in [5, 5.41) is 9.55. The molecule has 1 aromatic carbocycles. The fourth-order valence-electron chi connectivity index (χ4n) is 1.98. The molecule has 0 bridgehead atoms. The third-order valence-electron chi connectivity index (χ3n) is 3.27. The number of rotatable bonds is 3. The van der Waals surface area contributed by atoms with Crippen molar-refractivity contribution >= 4 is 29.6 Å². The Morgan fingerprint density at radius 3 is 2.90 bits per heavy atom. The number of nitrogens with zero attached hydrogens (tertiary/aromatic N) is 1. The van der Waals surface area contributed by atoms with Gasteiger partial charge in [-0.05, 0) is 30.2 Å². The van der Waals surface area contributed by atoms with Crippen molar-refractivity contribution in [2.24, 2.45) is 0 Å². The van der Waals surface area contributed by atoms with Gasteiger partial charge in [-0.1, -0.05) is 23.7 Å². The summed E-state index contributed by atoms with van der Waals surface area (Å²) in [6.07, 6.45) is 2.13. The molecule has 6 heteroatoms. The van der Waals surface area contributed by atoms with Crippen LogP contribution in [-0.4, -0.2) is 47.7 Å². The lowest BCUT2D eigenvalue weighted by molar-refractivity contribution is -0.158. The van der Waals surface area contributed by atoms with E-state index in [2.05, 4.69) is 0 Å². The average Bonchev–Trinajstić information content (AvgIpc) is 2.48. The molecule has 0 aromatic heterocycles. The molecule has 2 rings (SSSR count). The molecule has 1 amide bonds. The zero-order valence-corrected chi connectivity index (χ0v) is 12.3. The van der Waals surface area contributed by atoms with Crippen LogP contribution in [0.4, 0.5) is 0 Å². The summed E-state index contributed by atoms with van der Waals surface area (Å²) < 4.78 is 5.08. The highest BCUT2D eigenvalue weighted by Gasteiger charge is 2.27. The molecule has 1 atom stereocenters. The van der Waals surface area contributed by atoms with Gasteiger partial charge in [0.05, 0.1) is 13.2 Å². The van der Waals surface area contributed by atoms with Gasteiger partial charge in [-0.2, -0.15) is 0 Å². The van der Waals surface area contributed by atoms with Gasteiger partial charge in [0.25, 0.3) is 0 Å². The van der Waals surface area contributed by atoms with E-state index in [1.54, 1.807) is 12.1 Å². The molecule has 1 saturated heterocycles. The highest BCUT2D eigenvalue weighted by Crippen LogP contribution is 2.17. The van der Waals surface area contributed by atoms with Crippen LogP contribution in [0.3, 0.4) is 0 Å². The maximum absolute atomic E-state index is 12.0. The Labute approximate surface area is 127 Å². The van der Waals surface area contributed by atoms with Crippen LogP contribution in [-0.2, 0) is 14.3 Å². The van der Waals surface area contributed by atoms with Crippen molar-refractivity contribution in [3.05, 3.63) is 40.4 Å². The van der Waals surface area contributed by atoms with Gasteiger partial charge in [0, 0.05) is 17.6 Å². The van der Waals surface area contributed by atoms with Crippen LogP contribution < -0.4 is 0 Å². The molecule has 1 heterocycles. The second-order valence-electron chi connectivity index (χ2n) is 4.82. The summed E-state index contributed by atoms with van der Waals surface area (Å²) in [5.41, 5.74) is 1.79. The molecule has 1 N–H and O–H groups in total. The molecule has 1 unspecified atom stereocenters. The van der Waals surface area contributed by atoms with Gasteiger partial charge < -0.3 is 14.7 Å². The predicted octanol–water partition coefficient (Wildman–Crippen LogP) is 1.97. The van der Waals surface area contributed by atoms with E-state index < -0.39 is 12.1 Å². The number of aliphatic carboxylic acids is 1. The van der Waals surface area contributed by atoms with Gasteiger partial charge in [-0.3, -0.25) is 4.79 Å². The number of carboxylic acids is 1. The molecule has 0 saturated carbocycles. The standard InChI is InChI=1S/C15H16ClNO4/c1-10-2-3-11(8-12(10)16)4-5-14(18)17-6-7-21-13(9-17)15(19)20/h2-5,8,13H,6-7,9H2,1H3,(H,19,20). The molecule has 21 heavy (non-hydrogen) atoms. The fraction of sp³-hybridized carbons (Fsp3) is 0.333. The third-order valence-corrected chi connectivity index (χ3v) is 3.68. The Bertz CT molecular complexity index is 585. The normalized spacial score (nSPS) is 19.0. The SMILES string of the molecule is Cc1ccc(C=CC(=O)N2CCOC(C(=O)O)C2)cc1Cl. The highest BCUT2D eigenvalue weighted by molar-refractivity contribution is 6.31. The van der Waals surface area contributed by atoms with E-state index in [1.807, 2.05) is 19.1 Å². The van der Waals surface area contributed by atoms with Crippen molar-refractivity contribution in [1.82, 2.24) is 4.90 Å². The summed E-state index contributed by atoms with van der Waals surface area (Å²) >= 11 is 6.02. The summed E-state index contributed by atoms with van der Waals surface area (Å²) in [5.74, 6) is -1.29. The van der Waals surface area contributed by atoms with Gasteiger partial charge in [0.15, 0.2) is 6.10 Å². The summed E-state index contributed by atoms with van der Waals surface area (Å²) in [6, 6.07) is 5.52. The number of amides is 1. The molecule has 1 fully saturated rings. The van der Waals surface area contributed by atoms with E-state index in [1.165, 1.54) is 11.0 Å². The minimum absolute atomic E-state index is 0.0627. The highest BCUT2D eigenvalue weighted by atomic mass is 35.5. The Kier molecular flexibility index (Phi) is 4.98. The number of morpholine rings is 1. The van der Waals surface area contributed by atoms with Crippen LogP contribution in [0.2, 0.25) is 5.02 Å². The molecule has 1 aliphatic heterocycles. The zero-order valence-electron chi connectivity index (χ0n) is 11.6. The minimum Gasteiger partial charge on any atom is -0.479 e. The van der Waals surface area contributed by atoms with E-state index in [0.717, 1.165) is 11.1 Å². The van der Waals surface area contributed by atoms with E-state index in [0.29, 0.717) is 11.6 Å². The zero-order chi connectivity index (χ0) is 15.4. The second kappa shape index (κ2) is 6.74. The number of hydrogen-bond donors (Lipinski definition) is 1. The van der Waals surface area contributed by atoms with Crippen molar-refractivity contribution in [1.29, 1.82) is 0 Å². The van der Waals surface area contributed by atoms with E-state index >= 15 is 0 Å². The number of benzene rings is 1. The fourth-order valence-corrected chi connectivity index (χ4v) is 2.17. The smallest absolute Gasteiger partial charge is 0.334 e. The number of carbonyl (C=O) groups is 2. The molecule has 112 valence electrons. The Morgan fingerprint density at radius 1 is 1.48 bits per heavy atom. The van der Waals surface area contributed by atoms with E-state index in [4.69, 9.17) is 21.4 Å². The van der Waals surface area contributed by atoms with Gasteiger partial charge in [-0.15, -0.1) is 0 Å². The van der Waals surface area contributed by atoms with Gasteiger partial charge in [0.2, 0.25) is 5.91 Å². The molecule has 1 aliphatic rings. The molecule has 5 nitrogen and oxygen atoms in total. The number of carbonyl (C=O) groups excluding carboxylic acids is 1. The largest absolute Gasteiger partial charge is 0.479 e. The van der Waals surface area contributed by atoms with Crippen LogP contribution in [0.25, 0.3) is 6.08 Å². The first-order valence-corrected chi connectivity index (χ1v) is 6.92. The Hall–Kier alpha value is -1.85. The predicted molar refractivity (Wildman–Crippen MR) is 79.2 cm³/mol. The first-order valence-electron chi connectivity index (χ1n) is 6.55. The van der Waals surface area contributed by atoms with Crippen LogP contribution in [0.5, 0.6) is 0 Å². The first kappa shape index (κ1) is 15.5. The molecule has 0 radical (unpaired) electrons. The molecule has 0 spiro atoms. The van der Waals surface area contributed by atoms with Crippen molar-refractivity contribution in [2.75, 3.05) is 19.7 Å².